The van der Waals surface area contributed by atoms with Crippen molar-refractivity contribution in [3.05, 3.63) is 11.6 Å². The van der Waals surface area contributed by atoms with Gasteiger partial charge >= 0.3 is 0 Å². The van der Waals surface area contributed by atoms with E-state index in [-0.39, 0.29) is 34.5 Å². The van der Waals surface area contributed by atoms with Crippen LogP contribution in [0.5, 0.6) is 0 Å². The van der Waals surface area contributed by atoms with E-state index >= 15 is 0 Å². The largest absolute Gasteiger partial charge is 0.394 e. The average molecular weight is 1110 g/mol. The number of fused-ring (bicyclic) bond motifs is 5. The zero-order valence-electron chi connectivity index (χ0n) is 45.8. The zero-order valence-corrected chi connectivity index (χ0v) is 45.8. The van der Waals surface area contributed by atoms with Crippen LogP contribution in [0.25, 0.3) is 0 Å². The highest BCUT2D eigenvalue weighted by atomic mass is 16.8. The number of hydrogen-bond acceptors (Lipinski definition) is 23. The molecule has 0 aromatic heterocycles. The molecule has 2 unspecified atom stereocenters. The van der Waals surface area contributed by atoms with E-state index in [1.165, 1.54) is 0 Å². The Kier molecular flexibility index (Phi) is 18.9. The van der Waals surface area contributed by atoms with Crippen molar-refractivity contribution in [1.29, 1.82) is 0 Å². The summed E-state index contributed by atoms with van der Waals surface area (Å²) in [5.74, 6) is -0.475. The lowest BCUT2D eigenvalue weighted by molar-refractivity contribution is -0.378. The molecule has 77 heavy (non-hydrogen) atoms. The highest BCUT2D eigenvalue weighted by molar-refractivity contribution is 5.20. The Morgan fingerprint density at radius 1 is 0.545 bits per heavy atom. The Bertz CT molecular complexity index is 1990. The molecular weight excluding hydrogens is 1020 g/mol. The van der Waals surface area contributed by atoms with Gasteiger partial charge in [0.2, 0.25) is 0 Å². The molecule has 15 N–H and O–H groups in total. The molecule has 4 saturated heterocycles. The summed E-state index contributed by atoms with van der Waals surface area (Å²) < 4.78 is 48.9. The molecule has 4 aliphatic heterocycles. The van der Waals surface area contributed by atoms with Crippen LogP contribution in [0.3, 0.4) is 0 Å². The van der Waals surface area contributed by atoms with Gasteiger partial charge < -0.3 is 114 Å². The lowest BCUT2D eigenvalue weighted by atomic mass is 9.35. The van der Waals surface area contributed by atoms with Gasteiger partial charge in [-0.05, 0) is 124 Å². The zero-order chi connectivity index (χ0) is 56.6. The number of ether oxygens (including phenoxy) is 8. The molecular formula is C54H92O23. The number of rotatable bonds is 16. The minimum atomic E-state index is -1.82. The van der Waals surface area contributed by atoms with E-state index in [9.17, 15) is 76.6 Å². The first-order valence-electron chi connectivity index (χ1n) is 27.9. The summed E-state index contributed by atoms with van der Waals surface area (Å²) in [6.07, 6.45) is -25.2. The fraction of sp³-hybridized carbons (Fsp3) is 0.963. The van der Waals surface area contributed by atoms with Crippen LogP contribution in [0.2, 0.25) is 0 Å². The van der Waals surface area contributed by atoms with Crippen LogP contribution in [-0.4, -0.2) is 244 Å². The third-order valence-electron chi connectivity index (χ3n) is 20.9. The molecule has 23 nitrogen and oxygen atoms in total. The van der Waals surface area contributed by atoms with E-state index in [0.29, 0.717) is 38.5 Å². The van der Waals surface area contributed by atoms with Crippen LogP contribution < -0.4 is 0 Å². The van der Waals surface area contributed by atoms with E-state index in [0.717, 1.165) is 24.8 Å². The third kappa shape index (κ3) is 10.9. The Hall–Kier alpha value is -1.18. The minimum Gasteiger partial charge on any atom is -0.394 e. The molecule has 4 saturated carbocycles. The van der Waals surface area contributed by atoms with E-state index in [1.807, 2.05) is 20.8 Å². The van der Waals surface area contributed by atoms with E-state index in [2.05, 4.69) is 40.7 Å². The summed E-state index contributed by atoms with van der Waals surface area (Å²) in [6.45, 7) is 14.6. The van der Waals surface area contributed by atoms with Gasteiger partial charge in [0.05, 0.1) is 44.2 Å². The minimum absolute atomic E-state index is 0.0374. The molecule has 0 bridgehead atoms. The maximum Gasteiger partial charge on any atom is 0.187 e. The first-order chi connectivity index (χ1) is 36.0. The topological polar surface area (TPSA) is 377 Å². The molecule has 4 aliphatic carbocycles. The van der Waals surface area contributed by atoms with Crippen LogP contribution in [0.1, 0.15) is 113 Å². The first-order valence-corrected chi connectivity index (χ1v) is 27.9. The van der Waals surface area contributed by atoms with Crippen molar-refractivity contribution in [3.8, 4) is 0 Å². The van der Waals surface area contributed by atoms with E-state index in [4.69, 9.17) is 37.9 Å². The Balaban J connectivity index is 1.01. The quantitative estimate of drug-likeness (QED) is 0.0576. The van der Waals surface area contributed by atoms with Gasteiger partial charge in [0.25, 0.3) is 0 Å². The average Bonchev–Trinajstić information content (AvgIpc) is 3.96. The highest BCUT2D eigenvalue weighted by Crippen LogP contribution is 2.76. The predicted octanol–water partition coefficient (Wildman–Crippen LogP) is -2.20. The molecule has 8 aliphatic rings. The van der Waals surface area contributed by atoms with Crippen molar-refractivity contribution in [3.63, 3.8) is 0 Å². The molecule has 4 heterocycles. The van der Waals surface area contributed by atoms with Crippen LogP contribution in [0, 0.1) is 45.3 Å². The van der Waals surface area contributed by atoms with Crippen molar-refractivity contribution in [2.75, 3.05) is 26.4 Å². The second-order valence-corrected chi connectivity index (χ2v) is 25.7. The van der Waals surface area contributed by atoms with Gasteiger partial charge in [0.15, 0.2) is 25.2 Å². The standard InChI is InChI=1S/C54H92O23/c1-23(2)10-9-14-54(8,77-48-44(69)40(65)37(62)29(74-48)22-70-46-42(67)38(63)34(59)26(19-55)71-46)24-11-16-53(7)33(24)25(58)18-31-51(5)15-13-32(50(3,4)30(51)12-17-52(31,53)6)75-49-45(41(66)36(61)28(21-57)73-49)76-47-43(68)39(64)35(60)27(20-56)72-47/h10,24-49,55-69H,9,11-22H2,1-8H3/t24-,25+,26+,27+,28+,29+,30?,31+,32-,33-,34+,35+,36+,37+,38-,39-,40-,41-,42+,43+,44+,45+,46+,47-,48-,49-,51-,52+,53?,54-/m0/s1. The predicted molar refractivity (Wildman–Crippen MR) is 266 cm³/mol. The molecule has 30 atom stereocenters. The van der Waals surface area contributed by atoms with E-state index in [1.54, 1.807) is 0 Å². The van der Waals surface area contributed by atoms with Gasteiger partial charge in [0, 0.05) is 0 Å². The molecule has 0 amide bonds. The molecule has 23 heteroatoms. The van der Waals surface area contributed by atoms with Gasteiger partial charge in [-0.3, -0.25) is 0 Å². The smallest absolute Gasteiger partial charge is 0.187 e. The second-order valence-electron chi connectivity index (χ2n) is 25.7. The Morgan fingerprint density at radius 3 is 1.64 bits per heavy atom. The number of aliphatic hydroxyl groups excluding tert-OH is 15. The number of hydrogen-bond donors (Lipinski definition) is 15. The fourth-order valence-corrected chi connectivity index (χ4v) is 16.3. The highest BCUT2D eigenvalue weighted by Gasteiger charge is 2.72. The maximum atomic E-state index is 12.8. The Labute approximate surface area is 450 Å². The number of allylic oxidation sites excluding steroid dienone is 2. The molecule has 0 radical (unpaired) electrons. The maximum absolute atomic E-state index is 12.8. The summed E-state index contributed by atoms with van der Waals surface area (Å²) in [5.41, 5.74) is -1.59. The molecule has 0 spiro atoms. The molecule has 0 aromatic rings. The molecule has 0 aromatic carbocycles. The summed E-state index contributed by atoms with van der Waals surface area (Å²) in [6, 6.07) is 0. The monoisotopic (exact) mass is 1110 g/mol. The SMILES string of the molecule is CC(C)=CCC[C@](C)(O[C@@H]1O[C@H](CO[C@@H]2O[C@H](CO)[C@@H](O)[C@H](O)[C@H]2O)[C@@H](O)[C@H](O)[C@H]1O)[C@H]1CCC2(C)[C@@H]1[C@H](O)C[C@@H]1[C@@]3(C)CC[C@H](O[C@@H]4O[C@H](CO)[C@@H](O)[C@H](O)[C@H]4O[C@@H]4O[C@H](CO)[C@@H](O)[C@H](O)[C@H]4O)C(C)(C)C3CC[C@]12C. The van der Waals surface area contributed by atoms with Crippen LogP contribution in [0.15, 0.2) is 11.6 Å². The van der Waals surface area contributed by atoms with Gasteiger partial charge in [-0.25, -0.2) is 0 Å². The first kappa shape index (κ1) is 61.9. The van der Waals surface area contributed by atoms with E-state index < -0.39 is 178 Å². The van der Waals surface area contributed by atoms with Crippen LogP contribution >= 0.6 is 0 Å². The molecule has 8 fully saturated rings. The molecule has 446 valence electrons. The fourth-order valence-electron chi connectivity index (χ4n) is 16.3. The van der Waals surface area contributed by atoms with Gasteiger partial charge in [0.1, 0.15) is 97.7 Å². The van der Waals surface area contributed by atoms with Gasteiger partial charge in [-0.1, -0.05) is 46.3 Å². The summed E-state index contributed by atoms with van der Waals surface area (Å²) in [4.78, 5) is 0. The summed E-state index contributed by atoms with van der Waals surface area (Å²) >= 11 is 0. The van der Waals surface area contributed by atoms with Crippen LogP contribution in [-0.2, 0) is 37.9 Å². The lowest BCUT2D eigenvalue weighted by Crippen LogP contribution is -2.68. The summed E-state index contributed by atoms with van der Waals surface area (Å²) in [5, 5.41) is 162. The van der Waals surface area contributed by atoms with Gasteiger partial charge in [-0.15, -0.1) is 0 Å². The summed E-state index contributed by atoms with van der Waals surface area (Å²) in [7, 11) is 0. The third-order valence-corrected chi connectivity index (χ3v) is 20.9. The van der Waals surface area contributed by atoms with Crippen molar-refractivity contribution in [2.45, 2.75) is 254 Å². The molecule has 8 rings (SSSR count). The normalized spacial score (nSPS) is 52.7. The van der Waals surface area contributed by atoms with Crippen molar-refractivity contribution < 1.29 is 114 Å². The Morgan fingerprint density at radius 2 is 1.05 bits per heavy atom. The number of aliphatic hydroxyl groups is 15. The van der Waals surface area contributed by atoms with Gasteiger partial charge in [-0.2, -0.15) is 0 Å². The lowest BCUT2D eigenvalue weighted by Gasteiger charge is -2.71. The van der Waals surface area contributed by atoms with Crippen molar-refractivity contribution >= 4 is 0 Å². The van der Waals surface area contributed by atoms with Crippen LogP contribution in [0.4, 0.5) is 0 Å². The second kappa shape index (κ2) is 23.5. The van der Waals surface area contributed by atoms with Crippen molar-refractivity contribution in [2.24, 2.45) is 45.3 Å². The van der Waals surface area contributed by atoms with Crippen molar-refractivity contribution in [1.82, 2.24) is 0 Å².